The zero-order valence-electron chi connectivity index (χ0n) is 12.6. The van der Waals surface area contributed by atoms with Crippen molar-refractivity contribution in [2.24, 2.45) is 0 Å². The molecule has 0 saturated heterocycles. The van der Waals surface area contributed by atoms with Gasteiger partial charge in [0, 0.05) is 17.8 Å². The summed E-state index contributed by atoms with van der Waals surface area (Å²) in [6, 6.07) is 4.67. The SMILES string of the molecule is CCCC(C)NC(=O)COC(=O)c1ccc(N)cc1OC. The Hall–Kier alpha value is -2.24. The fourth-order valence-corrected chi connectivity index (χ4v) is 1.91. The number of rotatable bonds is 7. The highest BCUT2D eigenvalue weighted by Crippen LogP contribution is 2.22. The lowest BCUT2D eigenvalue weighted by molar-refractivity contribution is -0.124. The Morgan fingerprint density at radius 1 is 1.38 bits per heavy atom. The molecule has 1 aromatic carbocycles. The van der Waals surface area contributed by atoms with Gasteiger partial charge in [-0.05, 0) is 25.5 Å². The fourth-order valence-electron chi connectivity index (χ4n) is 1.91. The first-order valence-corrected chi connectivity index (χ1v) is 6.88. The summed E-state index contributed by atoms with van der Waals surface area (Å²) in [5.41, 5.74) is 6.33. The third-order valence-electron chi connectivity index (χ3n) is 2.91. The Labute approximate surface area is 124 Å². The minimum absolute atomic E-state index is 0.0623. The van der Waals surface area contributed by atoms with Crippen LogP contribution in [0.3, 0.4) is 0 Å². The number of anilines is 1. The molecule has 21 heavy (non-hydrogen) atoms. The maximum absolute atomic E-state index is 11.9. The maximum atomic E-state index is 11.9. The summed E-state index contributed by atoms with van der Waals surface area (Å²) in [5.74, 6) is -0.622. The van der Waals surface area contributed by atoms with E-state index in [9.17, 15) is 9.59 Å². The quantitative estimate of drug-likeness (QED) is 0.590. The number of amides is 1. The van der Waals surface area contributed by atoms with Crippen molar-refractivity contribution in [3.63, 3.8) is 0 Å². The molecule has 1 aromatic rings. The molecule has 1 amide bonds. The second-order valence-corrected chi connectivity index (χ2v) is 4.79. The van der Waals surface area contributed by atoms with Gasteiger partial charge in [0.1, 0.15) is 11.3 Å². The number of benzene rings is 1. The van der Waals surface area contributed by atoms with Crippen LogP contribution in [0.5, 0.6) is 5.75 Å². The van der Waals surface area contributed by atoms with Crippen LogP contribution < -0.4 is 15.8 Å². The molecule has 0 saturated carbocycles. The molecule has 3 N–H and O–H groups in total. The Morgan fingerprint density at radius 2 is 2.10 bits per heavy atom. The van der Waals surface area contributed by atoms with Gasteiger partial charge in [0.15, 0.2) is 6.61 Å². The van der Waals surface area contributed by atoms with E-state index in [1.54, 1.807) is 6.07 Å². The van der Waals surface area contributed by atoms with Gasteiger partial charge in [-0.1, -0.05) is 13.3 Å². The van der Waals surface area contributed by atoms with E-state index in [4.69, 9.17) is 15.2 Å². The van der Waals surface area contributed by atoms with Crippen molar-refractivity contribution in [1.82, 2.24) is 5.32 Å². The molecule has 0 aliphatic carbocycles. The molecule has 0 aromatic heterocycles. The number of nitrogen functional groups attached to an aromatic ring is 1. The molecule has 0 fully saturated rings. The van der Waals surface area contributed by atoms with E-state index < -0.39 is 5.97 Å². The van der Waals surface area contributed by atoms with E-state index in [1.807, 2.05) is 13.8 Å². The lowest BCUT2D eigenvalue weighted by Gasteiger charge is -2.13. The topological polar surface area (TPSA) is 90.7 Å². The van der Waals surface area contributed by atoms with Crippen molar-refractivity contribution < 1.29 is 19.1 Å². The highest BCUT2D eigenvalue weighted by Gasteiger charge is 2.16. The smallest absolute Gasteiger partial charge is 0.342 e. The van der Waals surface area contributed by atoms with Gasteiger partial charge < -0.3 is 20.5 Å². The third-order valence-corrected chi connectivity index (χ3v) is 2.91. The molecule has 1 unspecified atom stereocenters. The first-order chi connectivity index (χ1) is 9.97. The number of carbonyl (C=O) groups excluding carboxylic acids is 2. The summed E-state index contributed by atoms with van der Waals surface area (Å²) >= 11 is 0. The average Bonchev–Trinajstić information content (AvgIpc) is 2.44. The van der Waals surface area contributed by atoms with Crippen molar-refractivity contribution in [2.45, 2.75) is 32.7 Å². The first-order valence-electron chi connectivity index (χ1n) is 6.88. The van der Waals surface area contributed by atoms with Gasteiger partial charge in [-0.3, -0.25) is 4.79 Å². The normalized spacial score (nSPS) is 11.6. The van der Waals surface area contributed by atoms with Gasteiger partial charge in [0.05, 0.1) is 7.11 Å². The Bertz CT molecular complexity index is 502. The molecule has 1 atom stereocenters. The average molecular weight is 294 g/mol. The summed E-state index contributed by atoms with van der Waals surface area (Å²) in [4.78, 5) is 23.6. The predicted octanol–water partition coefficient (Wildman–Crippen LogP) is 1.74. The van der Waals surface area contributed by atoms with Crippen LogP contribution in [0.1, 0.15) is 37.0 Å². The molecule has 6 heteroatoms. The Morgan fingerprint density at radius 3 is 2.71 bits per heavy atom. The molecule has 0 heterocycles. The predicted molar refractivity (Wildman–Crippen MR) is 80.2 cm³/mol. The second kappa shape index (κ2) is 8.14. The second-order valence-electron chi connectivity index (χ2n) is 4.79. The highest BCUT2D eigenvalue weighted by atomic mass is 16.5. The summed E-state index contributed by atoms with van der Waals surface area (Å²) in [7, 11) is 1.44. The molecule has 1 rings (SSSR count). The third kappa shape index (κ3) is 5.33. The van der Waals surface area contributed by atoms with Gasteiger partial charge in [0.25, 0.3) is 5.91 Å². The zero-order valence-corrected chi connectivity index (χ0v) is 12.6. The van der Waals surface area contributed by atoms with Gasteiger partial charge in [-0.2, -0.15) is 0 Å². The van der Waals surface area contributed by atoms with Crippen LogP contribution in [0.4, 0.5) is 5.69 Å². The molecular weight excluding hydrogens is 272 g/mol. The molecular formula is C15H22N2O4. The summed E-state index contributed by atoms with van der Waals surface area (Å²) in [6.07, 6.45) is 1.86. The zero-order chi connectivity index (χ0) is 15.8. The molecule has 0 bridgehead atoms. The number of nitrogens with one attached hydrogen (secondary N) is 1. The van der Waals surface area contributed by atoms with Crippen LogP contribution in [0.25, 0.3) is 0 Å². The largest absolute Gasteiger partial charge is 0.496 e. The van der Waals surface area contributed by atoms with Crippen molar-refractivity contribution in [3.8, 4) is 5.75 Å². The van der Waals surface area contributed by atoms with E-state index in [-0.39, 0.29) is 24.1 Å². The highest BCUT2D eigenvalue weighted by molar-refractivity contribution is 5.94. The van der Waals surface area contributed by atoms with E-state index >= 15 is 0 Å². The first kappa shape index (κ1) is 16.8. The Kier molecular flexibility index (Phi) is 6.52. The molecule has 116 valence electrons. The van der Waals surface area contributed by atoms with Crippen LogP contribution in [-0.4, -0.2) is 31.6 Å². The number of carbonyl (C=O) groups is 2. The summed E-state index contributed by atoms with van der Waals surface area (Å²) < 4.78 is 10.0. The number of esters is 1. The van der Waals surface area contributed by atoms with Crippen molar-refractivity contribution in [1.29, 1.82) is 0 Å². The lowest BCUT2D eigenvalue weighted by Crippen LogP contribution is -2.35. The Balaban J connectivity index is 2.56. The van der Waals surface area contributed by atoms with Crippen LogP contribution >= 0.6 is 0 Å². The van der Waals surface area contributed by atoms with Gasteiger partial charge in [-0.15, -0.1) is 0 Å². The maximum Gasteiger partial charge on any atom is 0.342 e. The molecule has 0 spiro atoms. The number of hydrogen-bond donors (Lipinski definition) is 2. The van der Waals surface area contributed by atoms with Gasteiger partial charge in [0.2, 0.25) is 0 Å². The standard InChI is InChI=1S/C15H22N2O4/c1-4-5-10(2)17-14(18)9-21-15(19)12-7-6-11(16)8-13(12)20-3/h6-8,10H,4-5,9,16H2,1-3H3,(H,17,18). The van der Waals surface area contributed by atoms with Crippen LogP contribution in [0.2, 0.25) is 0 Å². The van der Waals surface area contributed by atoms with Crippen molar-refractivity contribution in [2.75, 3.05) is 19.5 Å². The monoisotopic (exact) mass is 294 g/mol. The van der Waals surface area contributed by atoms with E-state index in [1.165, 1.54) is 19.2 Å². The minimum Gasteiger partial charge on any atom is -0.496 e. The lowest BCUT2D eigenvalue weighted by atomic mass is 10.2. The van der Waals surface area contributed by atoms with E-state index in [0.717, 1.165) is 12.8 Å². The van der Waals surface area contributed by atoms with Crippen LogP contribution in [-0.2, 0) is 9.53 Å². The van der Waals surface area contributed by atoms with E-state index in [0.29, 0.717) is 11.4 Å². The number of methoxy groups -OCH3 is 1. The van der Waals surface area contributed by atoms with Crippen LogP contribution in [0, 0.1) is 0 Å². The minimum atomic E-state index is -0.620. The number of nitrogens with two attached hydrogens (primary N) is 1. The van der Waals surface area contributed by atoms with Gasteiger partial charge >= 0.3 is 5.97 Å². The molecule has 0 radical (unpaired) electrons. The van der Waals surface area contributed by atoms with Crippen molar-refractivity contribution in [3.05, 3.63) is 23.8 Å². The number of hydrogen-bond acceptors (Lipinski definition) is 5. The van der Waals surface area contributed by atoms with Crippen LogP contribution in [0.15, 0.2) is 18.2 Å². The molecule has 0 aliphatic heterocycles. The fraction of sp³-hybridized carbons (Fsp3) is 0.467. The molecule has 0 aliphatic rings. The van der Waals surface area contributed by atoms with Crippen molar-refractivity contribution >= 4 is 17.6 Å². The van der Waals surface area contributed by atoms with E-state index in [2.05, 4.69) is 5.32 Å². The van der Waals surface area contributed by atoms with Gasteiger partial charge in [-0.25, -0.2) is 4.79 Å². The summed E-state index contributed by atoms with van der Waals surface area (Å²) in [6.45, 7) is 3.63. The number of ether oxygens (including phenoxy) is 2. The summed E-state index contributed by atoms with van der Waals surface area (Å²) in [5, 5.41) is 2.76. The molecule has 6 nitrogen and oxygen atoms in total.